The molecule has 194 valence electrons. The Morgan fingerprint density at radius 1 is 1.05 bits per heavy atom. The molecule has 7 nitrogen and oxygen atoms in total. The van der Waals surface area contributed by atoms with Crippen LogP contribution in [-0.2, 0) is 7.05 Å². The predicted octanol–water partition coefficient (Wildman–Crippen LogP) is 6.96. The van der Waals surface area contributed by atoms with Crippen molar-refractivity contribution in [2.24, 2.45) is 12.0 Å². The van der Waals surface area contributed by atoms with Gasteiger partial charge in [0.05, 0.1) is 22.9 Å². The molecule has 0 aliphatic carbocycles. The van der Waals surface area contributed by atoms with Gasteiger partial charge in [-0.15, -0.1) is 0 Å². The van der Waals surface area contributed by atoms with Crippen LogP contribution in [0.15, 0.2) is 56.7 Å². The number of aliphatic imine (C=N–C) groups is 1. The molecule has 4 aromatic rings. The Morgan fingerprint density at radius 3 is 2.59 bits per heavy atom. The lowest BCUT2D eigenvalue weighted by Gasteiger charge is -2.09. The average molecular weight is 522 g/mol. The Balaban J connectivity index is 1.21. The number of nitrogens with zero attached hydrogens (tertiary/aromatic N) is 3. The number of ether oxygens (including phenoxy) is 2. The lowest BCUT2D eigenvalue weighted by atomic mass is 10.1. The van der Waals surface area contributed by atoms with Gasteiger partial charge < -0.3 is 13.9 Å². The summed E-state index contributed by atoms with van der Waals surface area (Å²) in [6.45, 7) is 7.13. The molecule has 4 rings (SSSR count). The summed E-state index contributed by atoms with van der Waals surface area (Å²) in [5.74, 6) is 1.99. The monoisotopic (exact) mass is 521 g/mol. The minimum atomic E-state index is -0.380. The zero-order chi connectivity index (χ0) is 26.4. The molecule has 0 spiro atoms. The second kappa shape index (κ2) is 12.1. The fourth-order valence-corrected chi connectivity index (χ4v) is 4.29. The first kappa shape index (κ1) is 26.5. The van der Waals surface area contributed by atoms with Crippen LogP contribution in [0.4, 0.5) is 0 Å². The van der Waals surface area contributed by atoms with E-state index in [9.17, 15) is 4.79 Å². The molecule has 0 aliphatic rings. The Hall–Kier alpha value is -3.58. The van der Waals surface area contributed by atoms with E-state index in [0.29, 0.717) is 28.8 Å². The van der Waals surface area contributed by atoms with Gasteiger partial charge in [-0.1, -0.05) is 35.7 Å². The van der Waals surface area contributed by atoms with E-state index < -0.39 is 0 Å². The van der Waals surface area contributed by atoms with Crippen LogP contribution in [0.5, 0.6) is 17.4 Å². The summed E-state index contributed by atoms with van der Waals surface area (Å²) in [6, 6.07) is 12.9. The van der Waals surface area contributed by atoms with Gasteiger partial charge in [0, 0.05) is 37.3 Å². The van der Waals surface area contributed by atoms with Crippen LogP contribution in [0.3, 0.4) is 0 Å². The van der Waals surface area contributed by atoms with Crippen molar-refractivity contribution in [1.29, 1.82) is 0 Å². The minimum absolute atomic E-state index is 0.380. The molecule has 0 radical (unpaired) electrons. The number of aromatic nitrogens is 2. The van der Waals surface area contributed by atoms with E-state index in [1.54, 1.807) is 16.8 Å². The van der Waals surface area contributed by atoms with E-state index >= 15 is 0 Å². The fraction of sp³-hybridized carbons (Fsp3) is 0.345. The first-order valence-corrected chi connectivity index (χ1v) is 12.8. The zero-order valence-electron chi connectivity index (χ0n) is 21.7. The normalized spacial score (nSPS) is 11.5. The van der Waals surface area contributed by atoms with Crippen molar-refractivity contribution in [3.63, 3.8) is 0 Å². The molecule has 2 heterocycles. The van der Waals surface area contributed by atoms with E-state index in [4.69, 9.17) is 25.5 Å². The first-order chi connectivity index (χ1) is 17.8. The van der Waals surface area contributed by atoms with Gasteiger partial charge in [0.25, 0.3) is 0 Å². The summed E-state index contributed by atoms with van der Waals surface area (Å²) in [6.07, 6.45) is 5.79. The molecular formula is C29H32ClN3O4. The molecule has 37 heavy (non-hydrogen) atoms. The predicted molar refractivity (Wildman–Crippen MR) is 148 cm³/mol. The van der Waals surface area contributed by atoms with Gasteiger partial charge in [-0.2, -0.15) is 5.10 Å². The average Bonchev–Trinajstić information content (AvgIpc) is 3.12. The van der Waals surface area contributed by atoms with Gasteiger partial charge in [0.2, 0.25) is 5.88 Å². The summed E-state index contributed by atoms with van der Waals surface area (Å²) >= 11 is 6.36. The topological polar surface area (TPSA) is 78.8 Å². The lowest BCUT2D eigenvalue weighted by Crippen LogP contribution is -2.01. The van der Waals surface area contributed by atoms with Crippen LogP contribution in [0, 0.1) is 20.8 Å². The van der Waals surface area contributed by atoms with Crippen LogP contribution in [0.1, 0.15) is 48.1 Å². The van der Waals surface area contributed by atoms with Crippen LogP contribution >= 0.6 is 11.6 Å². The van der Waals surface area contributed by atoms with E-state index in [1.807, 2.05) is 58.3 Å². The number of hydrogen-bond donors (Lipinski definition) is 0. The molecule has 0 fully saturated rings. The zero-order valence-corrected chi connectivity index (χ0v) is 22.5. The molecule has 0 amide bonds. The molecule has 0 saturated carbocycles. The number of rotatable bonds is 11. The largest absolute Gasteiger partial charge is 0.492 e. The minimum Gasteiger partial charge on any atom is -0.492 e. The van der Waals surface area contributed by atoms with E-state index in [2.05, 4.69) is 10.1 Å². The number of halogens is 1. The first-order valence-electron chi connectivity index (χ1n) is 12.5. The number of fused-ring (bicyclic) bond motifs is 1. The summed E-state index contributed by atoms with van der Waals surface area (Å²) in [4.78, 5) is 16.3. The third-order valence-corrected chi connectivity index (χ3v) is 6.41. The highest BCUT2D eigenvalue weighted by Crippen LogP contribution is 2.31. The van der Waals surface area contributed by atoms with Crippen molar-refractivity contribution in [3.8, 4) is 17.4 Å². The van der Waals surface area contributed by atoms with Crippen molar-refractivity contribution in [3.05, 3.63) is 80.3 Å². The smallest absolute Gasteiger partial charge is 0.336 e. The highest BCUT2D eigenvalue weighted by molar-refractivity contribution is 6.32. The van der Waals surface area contributed by atoms with E-state index in [-0.39, 0.29) is 5.63 Å². The van der Waals surface area contributed by atoms with Crippen molar-refractivity contribution < 1.29 is 13.9 Å². The van der Waals surface area contributed by atoms with Crippen molar-refractivity contribution in [2.75, 3.05) is 13.2 Å². The maximum Gasteiger partial charge on any atom is 0.336 e. The van der Waals surface area contributed by atoms with Gasteiger partial charge in [-0.25, -0.2) is 9.48 Å². The molecule has 8 heteroatoms. The Labute approximate surface area is 221 Å². The van der Waals surface area contributed by atoms with Crippen molar-refractivity contribution in [2.45, 2.75) is 46.5 Å². The fourth-order valence-electron chi connectivity index (χ4n) is 4.07. The molecular weight excluding hydrogens is 490 g/mol. The quantitative estimate of drug-likeness (QED) is 0.121. The molecule has 0 aliphatic heterocycles. The summed E-state index contributed by atoms with van der Waals surface area (Å²) < 4.78 is 19.0. The second-order valence-electron chi connectivity index (χ2n) is 9.17. The lowest BCUT2D eigenvalue weighted by molar-refractivity contribution is 0.305. The van der Waals surface area contributed by atoms with Crippen LogP contribution in [0.25, 0.3) is 11.0 Å². The standard InChI is InChI=1S/C29H32ClN3O4/c1-19-9-11-22(12-10-19)36-29-24(21(3)32-33(29)4)18-31-13-7-5-6-8-14-35-27-17-26-23(16-25(27)30)20(2)15-28(34)37-26/h9-12,15-18H,5-8,13-14H2,1-4H3. The Kier molecular flexibility index (Phi) is 8.66. The second-order valence-corrected chi connectivity index (χ2v) is 9.58. The van der Waals surface area contributed by atoms with E-state index in [1.165, 1.54) is 11.6 Å². The summed E-state index contributed by atoms with van der Waals surface area (Å²) in [7, 11) is 1.87. The maximum absolute atomic E-state index is 11.6. The SMILES string of the molecule is Cc1ccc(Oc2c(C=NCCCCCCOc3cc4oc(=O)cc(C)c4cc3Cl)c(C)nn2C)cc1. The van der Waals surface area contributed by atoms with Gasteiger partial charge in [-0.05, 0) is 63.8 Å². The van der Waals surface area contributed by atoms with Gasteiger partial charge in [0.1, 0.15) is 17.1 Å². The van der Waals surface area contributed by atoms with Gasteiger partial charge in [-0.3, -0.25) is 4.99 Å². The maximum atomic E-state index is 11.6. The molecule has 0 N–H and O–H groups in total. The number of hydrogen-bond acceptors (Lipinski definition) is 6. The molecule has 0 unspecified atom stereocenters. The number of benzene rings is 2. The van der Waals surface area contributed by atoms with Gasteiger partial charge >= 0.3 is 5.63 Å². The van der Waals surface area contributed by atoms with Crippen LogP contribution in [0.2, 0.25) is 5.02 Å². The molecule has 0 atom stereocenters. The van der Waals surface area contributed by atoms with Crippen LogP contribution in [-0.4, -0.2) is 29.1 Å². The third-order valence-electron chi connectivity index (χ3n) is 6.11. The molecule has 0 saturated heterocycles. The number of aryl methyl sites for hydroxylation is 4. The summed E-state index contributed by atoms with van der Waals surface area (Å²) in [5, 5.41) is 5.81. The third kappa shape index (κ3) is 6.80. The van der Waals surface area contributed by atoms with E-state index in [0.717, 1.165) is 60.2 Å². The van der Waals surface area contributed by atoms with Crippen molar-refractivity contribution >= 4 is 28.8 Å². The number of unbranched alkanes of at least 4 members (excludes halogenated alkanes) is 3. The Bertz CT molecular complexity index is 1460. The molecule has 2 aromatic heterocycles. The highest BCUT2D eigenvalue weighted by atomic mass is 35.5. The molecule has 2 aromatic carbocycles. The van der Waals surface area contributed by atoms with Gasteiger partial charge in [0.15, 0.2) is 0 Å². The van der Waals surface area contributed by atoms with Crippen LogP contribution < -0.4 is 15.1 Å². The highest BCUT2D eigenvalue weighted by Gasteiger charge is 2.14. The Morgan fingerprint density at radius 2 is 1.81 bits per heavy atom. The summed E-state index contributed by atoms with van der Waals surface area (Å²) in [5.41, 5.74) is 3.90. The van der Waals surface area contributed by atoms with Crippen molar-refractivity contribution in [1.82, 2.24) is 9.78 Å². The molecule has 0 bridgehead atoms.